The van der Waals surface area contributed by atoms with Crippen LogP contribution < -0.4 is 10.6 Å². The summed E-state index contributed by atoms with van der Waals surface area (Å²) in [5.41, 5.74) is 3.27. The van der Waals surface area contributed by atoms with E-state index in [9.17, 15) is 4.79 Å². The lowest BCUT2D eigenvalue weighted by Gasteiger charge is -2.22. The van der Waals surface area contributed by atoms with Crippen molar-refractivity contribution in [3.8, 4) is 11.1 Å². The Morgan fingerprint density at radius 1 is 1.12 bits per heavy atom. The second kappa shape index (κ2) is 9.18. The van der Waals surface area contributed by atoms with Gasteiger partial charge in [0.1, 0.15) is 0 Å². The van der Waals surface area contributed by atoms with Crippen molar-refractivity contribution < 1.29 is 9.53 Å². The van der Waals surface area contributed by atoms with E-state index < -0.39 is 0 Å². The average Bonchev–Trinajstić information content (AvgIpc) is 2.68. The van der Waals surface area contributed by atoms with Crippen molar-refractivity contribution in [2.75, 3.05) is 13.2 Å². The molecule has 1 aliphatic rings. The third-order valence-corrected chi connectivity index (χ3v) is 4.43. The van der Waals surface area contributed by atoms with Gasteiger partial charge in [0.05, 0.1) is 6.10 Å². The molecule has 1 atom stereocenters. The highest BCUT2D eigenvalue weighted by atomic mass is 16.5. The first kappa shape index (κ1) is 17.4. The number of carbonyl (C=O) groups is 1. The second-order valence-corrected chi connectivity index (χ2v) is 6.33. The van der Waals surface area contributed by atoms with E-state index in [4.69, 9.17) is 4.74 Å². The molecule has 2 N–H and O–H groups in total. The molecule has 2 amide bonds. The first-order chi connectivity index (χ1) is 12.3. The minimum atomic E-state index is -0.132. The SMILES string of the molecule is O=C(NCC[C@H]1CCCCO1)NCc1ccc(-c2cccnc2)cc1. The molecule has 2 heterocycles. The standard InChI is InChI=1S/C20H25N3O2/c24-20(22-12-10-19-5-1-2-13-25-19)23-14-16-6-8-17(9-7-16)18-4-3-11-21-15-18/h3-4,6-9,11,15,19H,1-2,5,10,12-14H2,(H2,22,23,24)/t19-/m1/s1. The Labute approximate surface area is 148 Å². The Morgan fingerprint density at radius 2 is 2.00 bits per heavy atom. The average molecular weight is 339 g/mol. The second-order valence-electron chi connectivity index (χ2n) is 6.33. The number of nitrogens with one attached hydrogen (secondary N) is 2. The molecule has 0 bridgehead atoms. The number of carbonyl (C=O) groups excluding carboxylic acids is 1. The molecule has 0 unspecified atom stereocenters. The van der Waals surface area contributed by atoms with Crippen LogP contribution in [0, 0.1) is 0 Å². The van der Waals surface area contributed by atoms with Gasteiger partial charge in [-0.25, -0.2) is 4.79 Å². The Hall–Kier alpha value is -2.40. The van der Waals surface area contributed by atoms with Crippen molar-refractivity contribution in [3.63, 3.8) is 0 Å². The normalized spacial score (nSPS) is 17.0. The van der Waals surface area contributed by atoms with Crippen LogP contribution in [0.5, 0.6) is 0 Å². The van der Waals surface area contributed by atoms with Gasteiger partial charge in [0.25, 0.3) is 0 Å². The van der Waals surface area contributed by atoms with E-state index in [1.54, 1.807) is 6.20 Å². The number of pyridine rings is 1. The lowest BCUT2D eigenvalue weighted by molar-refractivity contribution is 0.0120. The van der Waals surface area contributed by atoms with Crippen molar-refractivity contribution >= 4 is 6.03 Å². The van der Waals surface area contributed by atoms with Crippen molar-refractivity contribution in [2.45, 2.75) is 38.3 Å². The Balaban J connectivity index is 1.38. The molecule has 1 saturated heterocycles. The van der Waals surface area contributed by atoms with Gasteiger partial charge in [-0.1, -0.05) is 30.3 Å². The smallest absolute Gasteiger partial charge is 0.315 e. The fourth-order valence-electron chi connectivity index (χ4n) is 2.98. The maximum absolute atomic E-state index is 11.9. The van der Waals surface area contributed by atoms with Crippen LogP contribution in [0.4, 0.5) is 4.79 Å². The lowest BCUT2D eigenvalue weighted by atomic mass is 10.1. The predicted octanol–water partition coefficient (Wildman–Crippen LogP) is 3.51. The number of nitrogens with zero attached hydrogens (tertiary/aromatic N) is 1. The summed E-state index contributed by atoms with van der Waals surface area (Å²) in [5.74, 6) is 0. The number of rotatable bonds is 6. The molecule has 0 spiro atoms. The third kappa shape index (κ3) is 5.57. The molecule has 0 aliphatic carbocycles. The Bertz CT molecular complexity index is 652. The summed E-state index contributed by atoms with van der Waals surface area (Å²) >= 11 is 0. The van der Waals surface area contributed by atoms with Crippen LogP contribution in [0.25, 0.3) is 11.1 Å². The van der Waals surface area contributed by atoms with Crippen LogP contribution in [0.3, 0.4) is 0 Å². The molecule has 1 aliphatic heterocycles. The molecule has 1 aromatic heterocycles. The van der Waals surface area contributed by atoms with E-state index in [-0.39, 0.29) is 6.03 Å². The van der Waals surface area contributed by atoms with Gasteiger partial charge in [-0.2, -0.15) is 0 Å². The largest absolute Gasteiger partial charge is 0.378 e. The van der Waals surface area contributed by atoms with Crippen molar-refractivity contribution in [1.29, 1.82) is 0 Å². The van der Waals surface area contributed by atoms with Gasteiger partial charge >= 0.3 is 6.03 Å². The molecular formula is C20H25N3O2. The van der Waals surface area contributed by atoms with Gasteiger partial charge in [-0.15, -0.1) is 0 Å². The lowest BCUT2D eigenvalue weighted by Crippen LogP contribution is -2.37. The van der Waals surface area contributed by atoms with Crippen LogP contribution in [0.15, 0.2) is 48.8 Å². The van der Waals surface area contributed by atoms with Crippen LogP contribution >= 0.6 is 0 Å². The van der Waals surface area contributed by atoms with Crippen LogP contribution in [-0.4, -0.2) is 30.3 Å². The maximum atomic E-state index is 11.9. The first-order valence-electron chi connectivity index (χ1n) is 8.94. The number of benzene rings is 1. The zero-order chi connectivity index (χ0) is 17.3. The van der Waals surface area contributed by atoms with E-state index in [0.29, 0.717) is 19.2 Å². The highest BCUT2D eigenvalue weighted by molar-refractivity contribution is 5.73. The van der Waals surface area contributed by atoms with Gasteiger partial charge in [0, 0.05) is 32.1 Å². The molecule has 0 saturated carbocycles. The molecule has 1 fully saturated rings. The predicted molar refractivity (Wildman–Crippen MR) is 98.1 cm³/mol. The van der Waals surface area contributed by atoms with Gasteiger partial charge in [0.2, 0.25) is 0 Å². The van der Waals surface area contributed by atoms with Gasteiger partial charge in [-0.05, 0) is 48.4 Å². The highest BCUT2D eigenvalue weighted by Gasteiger charge is 2.13. The summed E-state index contributed by atoms with van der Waals surface area (Å²) in [6.45, 7) is 2.02. The zero-order valence-corrected chi connectivity index (χ0v) is 14.4. The summed E-state index contributed by atoms with van der Waals surface area (Å²) in [6.07, 6.45) is 8.28. The van der Waals surface area contributed by atoms with Crippen LogP contribution in [0.2, 0.25) is 0 Å². The Morgan fingerprint density at radius 3 is 2.72 bits per heavy atom. The fourth-order valence-corrected chi connectivity index (χ4v) is 2.98. The number of urea groups is 1. The van der Waals surface area contributed by atoms with Gasteiger partial charge in [-0.3, -0.25) is 4.98 Å². The molecule has 132 valence electrons. The number of ether oxygens (including phenoxy) is 1. The summed E-state index contributed by atoms with van der Waals surface area (Å²) in [5, 5.41) is 5.79. The van der Waals surface area contributed by atoms with E-state index >= 15 is 0 Å². The van der Waals surface area contributed by atoms with E-state index in [0.717, 1.165) is 42.6 Å². The summed E-state index contributed by atoms with van der Waals surface area (Å²) in [4.78, 5) is 16.0. The number of amides is 2. The molecule has 0 radical (unpaired) electrons. The van der Waals surface area contributed by atoms with Gasteiger partial charge < -0.3 is 15.4 Å². The molecule has 3 rings (SSSR count). The maximum Gasteiger partial charge on any atom is 0.315 e. The molecular weight excluding hydrogens is 314 g/mol. The number of hydrogen-bond acceptors (Lipinski definition) is 3. The molecule has 1 aromatic carbocycles. The quantitative estimate of drug-likeness (QED) is 0.846. The Kier molecular flexibility index (Phi) is 6.40. The third-order valence-electron chi connectivity index (χ3n) is 4.43. The summed E-state index contributed by atoms with van der Waals surface area (Å²) in [7, 11) is 0. The van der Waals surface area contributed by atoms with E-state index in [1.807, 2.05) is 42.6 Å². The summed E-state index contributed by atoms with van der Waals surface area (Å²) in [6, 6.07) is 12.0. The highest BCUT2D eigenvalue weighted by Crippen LogP contribution is 2.18. The fraction of sp³-hybridized carbons (Fsp3) is 0.400. The van der Waals surface area contributed by atoms with Crippen LogP contribution in [0.1, 0.15) is 31.2 Å². The minimum Gasteiger partial charge on any atom is -0.378 e. The number of aromatic nitrogens is 1. The van der Waals surface area contributed by atoms with Crippen molar-refractivity contribution in [1.82, 2.24) is 15.6 Å². The first-order valence-corrected chi connectivity index (χ1v) is 8.94. The monoisotopic (exact) mass is 339 g/mol. The van der Waals surface area contributed by atoms with E-state index in [2.05, 4.69) is 15.6 Å². The van der Waals surface area contributed by atoms with E-state index in [1.165, 1.54) is 6.42 Å². The topological polar surface area (TPSA) is 63.2 Å². The molecule has 5 nitrogen and oxygen atoms in total. The zero-order valence-electron chi connectivity index (χ0n) is 14.4. The minimum absolute atomic E-state index is 0.132. The van der Waals surface area contributed by atoms with Crippen molar-refractivity contribution in [2.24, 2.45) is 0 Å². The molecule has 25 heavy (non-hydrogen) atoms. The van der Waals surface area contributed by atoms with Crippen molar-refractivity contribution in [3.05, 3.63) is 54.4 Å². The molecule has 2 aromatic rings. The number of hydrogen-bond donors (Lipinski definition) is 2. The summed E-state index contributed by atoms with van der Waals surface area (Å²) < 4.78 is 5.66. The van der Waals surface area contributed by atoms with Crippen LogP contribution in [-0.2, 0) is 11.3 Å². The van der Waals surface area contributed by atoms with Gasteiger partial charge in [0.15, 0.2) is 0 Å². The molecule has 5 heteroatoms.